The van der Waals surface area contributed by atoms with Crippen molar-refractivity contribution in [2.45, 2.75) is 64.2 Å². The van der Waals surface area contributed by atoms with E-state index in [1.54, 1.807) is 0 Å². The van der Waals surface area contributed by atoms with Gasteiger partial charge in [0.05, 0.1) is 0 Å². The summed E-state index contributed by atoms with van der Waals surface area (Å²) in [5, 5.41) is 3.00. The Labute approximate surface area is 149 Å². The highest BCUT2D eigenvalue weighted by Gasteiger charge is 2.46. The predicted octanol–water partition coefficient (Wildman–Crippen LogP) is 2.43. The molecule has 5 nitrogen and oxygen atoms in total. The number of aryl methyl sites for hydroxylation is 2. The molecule has 25 heavy (non-hydrogen) atoms. The highest BCUT2D eigenvalue weighted by Crippen LogP contribution is 2.31. The zero-order valence-electron chi connectivity index (χ0n) is 15.2. The molecule has 1 N–H and O–H groups in total. The van der Waals surface area contributed by atoms with Gasteiger partial charge in [-0.1, -0.05) is 38.1 Å². The third-order valence-corrected chi connectivity index (χ3v) is 5.36. The van der Waals surface area contributed by atoms with Crippen LogP contribution < -0.4 is 5.32 Å². The summed E-state index contributed by atoms with van der Waals surface area (Å²) in [6, 6.07) is 8.50. The van der Waals surface area contributed by atoms with Crippen LogP contribution in [0.5, 0.6) is 0 Å². The molecule has 0 bridgehead atoms. The van der Waals surface area contributed by atoms with Crippen LogP contribution in [0.15, 0.2) is 24.3 Å². The summed E-state index contributed by atoms with van der Waals surface area (Å²) >= 11 is 0. The highest BCUT2D eigenvalue weighted by molar-refractivity contribution is 5.83. The van der Waals surface area contributed by atoms with Gasteiger partial charge in [-0.05, 0) is 30.4 Å². The molecule has 0 saturated carbocycles. The fraction of sp³-hybridized carbons (Fsp3) is 0.600. The number of hydrogen-bond donors (Lipinski definition) is 1. The fourth-order valence-electron chi connectivity index (χ4n) is 3.64. The average molecular weight is 344 g/mol. The lowest BCUT2D eigenvalue weighted by molar-refractivity contribution is -0.139. The standard InChI is InChI=1S/C20H28N2O3/c1-3-15-5-7-16(8-6-15)9-10-18(23)22-13-11-20(12-14-22)21-19(24)17(4-2)25-20/h5-8,17H,3-4,9-14H2,1-2H3,(H,21,24). The molecular weight excluding hydrogens is 316 g/mol. The van der Waals surface area contributed by atoms with Gasteiger partial charge in [-0.3, -0.25) is 9.59 Å². The number of carbonyl (C=O) groups is 2. The maximum absolute atomic E-state index is 12.5. The normalized spacial score (nSPS) is 22.2. The lowest BCUT2D eigenvalue weighted by atomic mass is 10.00. The van der Waals surface area contributed by atoms with Crippen LogP contribution in [-0.4, -0.2) is 41.6 Å². The van der Waals surface area contributed by atoms with Crippen molar-refractivity contribution in [3.8, 4) is 0 Å². The van der Waals surface area contributed by atoms with Gasteiger partial charge in [-0.25, -0.2) is 0 Å². The van der Waals surface area contributed by atoms with Crippen LogP contribution in [0, 0.1) is 0 Å². The van der Waals surface area contributed by atoms with Crippen LogP contribution in [0.3, 0.4) is 0 Å². The van der Waals surface area contributed by atoms with E-state index >= 15 is 0 Å². The molecule has 2 fully saturated rings. The zero-order valence-corrected chi connectivity index (χ0v) is 15.2. The molecule has 2 amide bonds. The van der Waals surface area contributed by atoms with E-state index < -0.39 is 5.72 Å². The monoisotopic (exact) mass is 344 g/mol. The Morgan fingerprint density at radius 2 is 1.84 bits per heavy atom. The molecule has 1 aromatic carbocycles. The van der Waals surface area contributed by atoms with Gasteiger partial charge in [0.1, 0.15) is 11.8 Å². The molecule has 5 heteroatoms. The molecule has 1 aromatic rings. The van der Waals surface area contributed by atoms with Crippen LogP contribution in [0.4, 0.5) is 0 Å². The van der Waals surface area contributed by atoms with Gasteiger partial charge in [0, 0.05) is 32.4 Å². The molecule has 1 spiro atoms. The summed E-state index contributed by atoms with van der Waals surface area (Å²) in [5.41, 5.74) is 1.97. The number of rotatable bonds is 5. The van der Waals surface area contributed by atoms with Crippen LogP contribution in [0.25, 0.3) is 0 Å². The predicted molar refractivity (Wildman–Crippen MR) is 96.0 cm³/mol. The number of nitrogens with zero attached hydrogens (tertiary/aromatic N) is 1. The summed E-state index contributed by atoms with van der Waals surface area (Å²) in [6.45, 7) is 5.38. The van der Waals surface area contributed by atoms with Gasteiger partial charge in [-0.2, -0.15) is 0 Å². The molecule has 2 saturated heterocycles. The van der Waals surface area contributed by atoms with E-state index in [4.69, 9.17) is 4.74 Å². The molecule has 0 aliphatic carbocycles. The Kier molecular flexibility index (Phi) is 5.42. The Morgan fingerprint density at radius 1 is 1.20 bits per heavy atom. The maximum atomic E-state index is 12.5. The van der Waals surface area contributed by atoms with Crippen LogP contribution in [0.1, 0.15) is 50.7 Å². The van der Waals surface area contributed by atoms with E-state index in [0.717, 1.165) is 12.8 Å². The van der Waals surface area contributed by atoms with E-state index in [0.29, 0.717) is 38.8 Å². The third-order valence-electron chi connectivity index (χ3n) is 5.36. The van der Waals surface area contributed by atoms with Crippen LogP contribution in [0.2, 0.25) is 0 Å². The minimum atomic E-state index is -0.551. The first-order chi connectivity index (χ1) is 12.0. The molecule has 2 heterocycles. The number of ether oxygens (including phenoxy) is 1. The first kappa shape index (κ1) is 17.9. The van der Waals surface area contributed by atoms with Gasteiger partial charge in [0.25, 0.3) is 5.91 Å². The second kappa shape index (κ2) is 7.56. The minimum absolute atomic E-state index is 0.0159. The Hall–Kier alpha value is -1.88. The average Bonchev–Trinajstić information content (AvgIpc) is 2.95. The molecule has 1 unspecified atom stereocenters. The SMILES string of the molecule is CCc1ccc(CCC(=O)N2CCC3(CC2)NC(=O)C(CC)O3)cc1. The molecule has 2 aliphatic rings. The third kappa shape index (κ3) is 4.03. The Bertz CT molecular complexity index is 618. The quantitative estimate of drug-likeness (QED) is 0.892. The van der Waals surface area contributed by atoms with Gasteiger partial charge < -0.3 is 15.0 Å². The second-order valence-electron chi connectivity index (χ2n) is 7.05. The van der Waals surface area contributed by atoms with Crippen molar-refractivity contribution >= 4 is 11.8 Å². The molecular formula is C20H28N2O3. The number of piperidine rings is 1. The first-order valence-corrected chi connectivity index (χ1v) is 9.40. The summed E-state index contributed by atoms with van der Waals surface area (Å²) in [6.07, 6.45) is 4.03. The molecule has 0 radical (unpaired) electrons. The number of likely N-dealkylation sites (tertiary alicyclic amines) is 1. The van der Waals surface area contributed by atoms with E-state index in [1.807, 2.05) is 11.8 Å². The summed E-state index contributed by atoms with van der Waals surface area (Å²) < 4.78 is 5.93. The number of carbonyl (C=O) groups excluding carboxylic acids is 2. The van der Waals surface area contributed by atoms with Crippen molar-refractivity contribution in [2.24, 2.45) is 0 Å². The van der Waals surface area contributed by atoms with Crippen LogP contribution in [-0.2, 0) is 27.2 Å². The van der Waals surface area contributed by atoms with Crippen molar-refractivity contribution in [1.29, 1.82) is 0 Å². The molecule has 136 valence electrons. The number of benzene rings is 1. The summed E-state index contributed by atoms with van der Waals surface area (Å²) in [7, 11) is 0. The first-order valence-electron chi connectivity index (χ1n) is 9.40. The summed E-state index contributed by atoms with van der Waals surface area (Å²) in [4.78, 5) is 26.3. The Balaban J connectivity index is 1.47. The fourth-order valence-corrected chi connectivity index (χ4v) is 3.64. The van der Waals surface area contributed by atoms with Gasteiger partial charge in [-0.15, -0.1) is 0 Å². The lowest BCUT2D eigenvalue weighted by Crippen LogP contribution is -2.53. The van der Waals surface area contributed by atoms with Crippen molar-refractivity contribution in [2.75, 3.05) is 13.1 Å². The molecule has 0 aromatic heterocycles. The topological polar surface area (TPSA) is 58.6 Å². The van der Waals surface area contributed by atoms with Crippen molar-refractivity contribution in [3.05, 3.63) is 35.4 Å². The van der Waals surface area contributed by atoms with Crippen molar-refractivity contribution in [1.82, 2.24) is 10.2 Å². The van der Waals surface area contributed by atoms with Crippen molar-refractivity contribution in [3.63, 3.8) is 0 Å². The highest BCUT2D eigenvalue weighted by atomic mass is 16.5. The van der Waals surface area contributed by atoms with E-state index in [-0.39, 0.29) is 17.9 Å². The van der Waals surface area contributed by atoms with Gasteiger partial charge in [0.2, 0.25) is 5.91 Å². The zero-order chi connectivity index (χ0) is 17.9. The lowest BCUT2D eigenvalue weighted by Gasteiger charge is -2.38. The maximum Gasteiger partial charge on any atom is 0.251 e. The van der Waals surface area contributed by atoms with Gasteiger partial charge in [0.15, 0.2) is 0 Å². The van der Waals surface area contributed by atoms with E-state index in [1.165, 1.54) is 11.1 Å². The van der Waals surface area contributed by atoms with E-state index in [9.17, 15) is 9.59 Å². The van der Waals surface area contributed by atoms with Crippen LogP contribution >= 0.6 is 0 Å². The minimum Gasteiger partial charge on any atom is -0.343 e. The van der Waals surface area contributed by atoms with Gasteiger partial charge >= 0.3 is 0 Å². The molecule has 1 atom stereocenters. The smallest absolute Gasteiger partial charge is 0.251 e. The molecule has 2 aliphatic heterocycles. The Morgan fingerprint density at radius 3 is 2.40 bits per heavy atom. The second-order valence-corrected chi connectivity index (χ2v) is 7.05. The number of nitrogens with one attached hydrogen (secondary N) is 1. The molecule has 3 rings (SSSR count). The largest absolute Gasteiger partial charge is 0.343 e. The van der Waals surface area contributed by atoms with Crippen molar-refractivity contribution < 1.29 is 14.3 Å². The van der Waals surface area contributed by atoms with E-state index in [2.05, 4.69) is 36.5 Å². The summed E-state index contributed by atoms with van der Waals surface area (Å²) in [5.74, 6) is 0.170. The number of hydrogen-bond acceptors (Lipinski definition) is 3. The number of amides is 2.